The van der Waals surface area contributed by atoms with Crippen molar-refractivity contribution in [1.29, 1.82) is 0 Å². The molecule has 11 rings (SSSR count). The van der Waals surface area contributed by atoms with Crippen molar-refractivity contribution in [3.8, 4) is 22.3 Å². The highest BCUT2D eigenvalue weighted by atomic mass is 32.1. The van der Waals surface area contributed by atoms with Gasteiger partial charge >= 0.3 is 0 Å². The molecule has 0 N–H and O–H groups in total. The van der Waals surface area contributed by atoms with E-state index in [0.717, 1.165) is 82.6 Å². The minimum Gasteiger partial charge on any atom is -0.310 e. The van der Waals surface area contributed by atoms with Gasteiger partial charge in [-0.2, -0.15) is 0 Å². The van der Waals surface area contributed by atoms with Gasteiger partial charge in [0, 0.05) is 29.5 Å². The molecule has 11 aromatic rings. The largest absolute Gasteiger partial charge is 0.310 e. The van der Waals surface area contributed by atoms with E-state index in [2.05, 4.69) is 159 Å². The second kappa shape index (κ2) is 11.8. The van der Waals surface area contributed by atoms with E-state index in [1.165, 1.54) is 15.5 Å². The lowest BCUT2D eigenvalue weighted by Gasteiger charge is -2.26. The molecule has 53 heavy (non-hydrogen) atoms. The number of para-hydroxylation sites is 2. The van der Waals surface area contributed by atoms with Crippen LogP contribution in [0.25, 0.3) is 81.0 Å². The van der Waals surface area contributed by atoms with E-state index in [9.17, 15) is 1.37 Å². The van der Waals surface area contributed by atoms with E-state index < -0.39 is 0 Å². The summed E-state index contributed by atoms with van der Waals surface area (Å²) < 4.78 is 12.8. The number of fused-ring (bicyclic) bond motifs is 8. The number of hydrogen-bond donors (Lipinski definition) is 0. The highest BCUT2D eigenvalue weighted by Gasteiger charge is 2.16. The van der Waals surface area contributed by atoms with Gasteiger partial charge in [-0.25, -0.2) is 4.98 Å². The fourth-order valence-corrected chi connectivity index (χ4v) is 8.56. The minimum absolute atomic E-state index is 0.467. The van der Waals surface area contributed by atoms with E-state index in [0.29, 0.717) is 6.04 Å². The third-order valence-electron chi connectivity index (χ3n) is 10.2. The van der Waals surface area contributed by atoms with Crippen LogP contribution in [-0.4, -0.2) is 19.4 Å². The van der Waals surface area contributed by atoms with Crippen molar-refractivity contribution in [1.82, 2.24) is 19.4 Å². The summed E-state index contributed by atoms with van der Waals surface area (Å²) in [6.45, 7) is 0. The maximum absolute atomic E-state index is 9.28. The van der Waals surface area contributed by atoms with Crippen LogP contribution in [0.2, 0.25) is 0 Å². The van der Waals surface area contributed by atoms with Crippen LogP contribution in [0.5, 0.6) is 0 Å². The Kier molecular flexibility index (Phi) is 6.43. The first kappa shape index (κ1) is 28.8. The third-order valence-corrected chi connectivity index (χ3v) is 11.2. The molecular formula is C47H29N5S. The van der Waals surface area contributed by atoms with Gasteiger partial charge in [-0.3, -0.25) is 14.4 Å². The van der Waals surface area contributed by atoms with Crippen LogP contribution in [0.3, 0.4) is 0 Å². The average molecular weight is 697 g/mol. The summed E-state index contributed by atoms with van der Waals surface area (Å²) in [6, 6.07) is 55.8. The maximum atomic E-state index is 9.28. The predicted octanol–water partition coefficient (Wildman–Crippen LogP) is 12.8. The highest BCUT2D eigenvalue weighted by molar-refractivity contribution is 7.23. The Hall–Kier alpha value is -6.89. The van der Waals surface area contributed by atoms with Gasteiger partial charge in [0.15, 0.2) is 4.96 Å². The Bertz CT molecular complexity index is 3260. The van der Waals surface area contributed by atoms with E-state index in [1.54, 1.807) is 23.7 Å². The minimum atomic E-state index is 0.467. The molecular weight excluding hydrogens is 667 g/mol. The van der Waals surface area contributed by atoms with E-state index >= 15 is 0 Å². The molecule has 0 radical (unpaired) electrons. The third kappa shape index (κ3) is 5.03. The van der Waals surface area contributed by atoms with Crippen molar-refractivity contribution in [3.63, 3.8) is 0 Å². The van der Waals surface area contributed by atoms with Crippen LogP contribution < -0.4 is 4.90 Å². The summed E-state index contributed by atoms with van der Waals surface area (Å²) in [4.78, 5) is 17.2. The molecule has 6 heteroatoms. The lowest BCUT2D eigenvalue weighted by atomic mass is 9.98. The molecule has 0 spiro atoms. The maximum Gasteiger partial charge on any atom is 0.195 e. The molecule has 0 amide bonds. The van der Waals surface area contributed by atoms with Crippen molar-refractivity contribution in [2.75, 3.05) is 4.90 Å². The first-order chi connectivity index (χ1) is 26.6. The summed E-state index contributed by atoms with van der Waals surface area (Å²) in [5.41, 5.74) is 12.2. The summed E-state index contributed by atoms with van der Waals surface area (Å²) in [5.74, 6) is 0. The Morgan fingerprint density at radius 3 is 2.02 bits per heavy atom. The number of hydrogen-bond acceptors (Lipinski definition) is 5. The van der Waals surface area contributed by atoms with Gasteiger partial charge in [0.1, 0.15) is 0 Å². The smallest absolute Gasteiger partial charge is 0.195 e. The van der Waals surface area contributed by atoms with Crippen LogP contribution in [0, 0.1) is 0 Å². The summed E-state index contributed by atoms with van der Waals surface area (Å²) in [6.07, 6.45) is 3.44. The molecule has 3 heterocycles. The molecule has 0 aliphatic rings. The predicted molar refractivity (Wildman–Crippen MR) is 222 cm³/mol. The molecule has 8 aromatic carbocycles. The Morgan fingerprint density at radius 1 is 0.472 bits per heavy atom. The first-order valence-corrected chi connectivity index (χ1v) is 18.4. The second-order valence-corrected chi connectivity index (χ2v) is 14.3. The van der Waals surface area contributed by atoms with Gasteiger partial charge in [-0.05, 0) is 123 Å². The fourth-order valence-electron chi connectivity index (χ4n) is 7.54. The molecule has 0 unspecified atom stereocenters. The normalized spacial score (nSPS) is 12.0. The molecule has 3 aromatic heterocycles. The zero-order valence-corrected chi connectivity index (χ0v) is 29.1. The molecule has 0 saturated heterocycles. The molecule has 0 bridgehead atoms. The summed E-state index contributed by atoms with van der Waals surface area (Å²) in [7, 11) is 0. The van der Waals surface area contributed by atoms with Gasteiger partial charge in [0.25, 0.3) is 0 Å². The molecule has 0 aliphatic heterocycles. The van der Waals surface area contributed by atoms with Crippen molar-refractivity contribution < 1.29 is 1.37 Å². The molecule has 0 saturated carbocycles. The lowest BCUT2D eigenvalue weighted by Crippen LogP contribution is -2.10. The van der Waals surface area contributed by atoms with Crippen molar-refractivity contribution >= 4 is 87.2 Å². The van der Waals surface area contributed by atoms with Crippen molar-refractivity contribution in [2.24, 2.45) is 0 Å². The Balaban J connectivity index is 1.01. The van der Waals surface area contributed by atoms with Crippen LogP contribution in [0.1, 0.15) is 1.37 Å². The van der Waals surface area contributed by atoms with E-state index in [1.807, 2.05) is 18.2 Å². The zero-order chi connectivity index (χ0) is 35.8. The number of aromatic nitrogens is 4. The number of benzene rings is 8. The highest BCUT2D eigenvalue weighted by Crippen LogP contribution is 2.39. The van der Waals surface area contributed by atoms with Crippen LogP contribution in [-0.2, 0) is 0 Å². The lowest BCUT2D eigenvalue weighted by molar-refractivity contribution is 1.26. The van der Waals surface area contributed by atoms with Gasteiger partial charge in [-0.15, -0.1) is 0 Å². The van der Waals surface area contributed by atoms with Gasteiger partial charge < -0.3 is 4.90 Å². The number of rotatable bonds is 5. The monoisotopic (exact) mass is 696 g/mol. The molecule has 0 fully saturated rings. The van der Waals surface area contributed by atoms with E-state index in [4.69, 9.17) is 4.98 Å². The summed E-state index contributed by atoms with van der Waals surface area (Å²) >= 11 is 1.72. The van der Waals surface area contributed by atoms with Crippen molar-refractivity contribution in [3.05, 3.63) is 176 Å². The number of anilines is 3. The second-order valence-electron chi connectivity index (χ2n) is 13.3. The fraction of sp³-hybridized carbons (Fsp3) is 0. The molecule has 248 valence electrons. The Labute approximate surface area is 310 Å². The molecule has 0 atom stereocenters. The van der Waals surface area contributed by atoms with Gasteiger partial charge in [0.05, 0.1) is 33.7 Å². The van der Waals surface area contributed by atoms with Gasteiger partial charge in [0.2, 0.25) is 0 Å². The van der Waals surface area contributed by atoms with Crippen LogP contribution in [0.4, 0.5) is 17.1 Å². The molecule has 0 aliphatic carbocycles. The topological polar surface area (TPSA) is 46.3 Å². The van der Waals surface area contributed by atoms with Crippen molar-refractivity contribution in [2.45, 2.75) is 0 Å². The molecule has 5 nitrogen and oxygen atoms in total. The van der Waals surface area contributed by atoms with E-state index in [-0.39, 0.29) is 0 Å². The standard InChI is InChI=1S/C47H29N5S/c1-2-6-32-25-33(10-9-30(32)5-1)34-11-12-36-27-39(19-15-35(36)26-34)51(40-20-21-41-43(29-40)49-24-23-48-41)38-17-13-31(14-18-38)37-16-22-46-45(28-37)52-44-8-4-3-7-42(44)50-47(52)53-46/h1-29H/i15D. The first-order valence-electron chi connectivity index (χ1n) is 18.1. The zero-order valence-electron chi connectivity index (χ0n) is 29.3. The average Bonchev–Trinajstić information content (AvgIpc) is 3.77. The van der Waals surface area contributed by atoms with Gasteiger partial charge in [-0.1, -0.05) is 96.2 Å². The Morgan fingerprint density at radius 2 is 1.13 bits per heavy atom. The summed E-state index contributed by atoms with van der Waals surface area (Å²) in [5, 5.41) is 4.34. The SMILES string of the molecule is [2H]c1cc(N(c2ccc(-c3ccc4sc5nc6ccccc6n5c4c3)cc2)c2ccc3nccnc3c2)cc2ccc(-c3ccc4ccccc4c3)cc12. The van der Waals surface area contributed by atoms with Crippen LogP contribution >= 0.6 is 11.3 Å². The number of nitrogens with zero attached hydrogens (tertiary/aromatic N) is 5. The quantitative estimate of drug-likeness (QED) is 0.180. The number of imidazole rings is 1. The van der Waals surface area contributed by atoms with Crippen LogP contribution in [0.15, 0.2) is 176 Å². The number of thiazole rings is 1.